The maximum absolute atomic E-state index is 12.7. The van der Waals surface area contributed by atoms with Crippen molar-refractivity contribution >= 4 is 5.69 Å². The normalized spacial score (nSPS) is 9.73. The summed E-state index contributed by atoms with van der Waals surface area (Å²) >= 11 is 0. The molecule has 0 bridgehead atoms. The first kappa shape index (κ1) is 7.98. The lowest BCUT2D eigenvalue weighted by Crippen LogP contribution is -1.99. The summed E-state index contributed by atoms with van der Waals surface area (Å²) in [4.78, 5) is 0. The monoisotopic (exact) mass is 157 g/mol. The molecule has 0 atom stereocenters. The third kappa shape index (κ3) is 1.90. The van der Waals surface area contributed by atoms with Gasteiger partial charge in [0.1, 0.15) is 11.6 Å². The van der Waals surface area contributed by atoms with Crippen molar-refractivity contribution in [3.8, 4) is 0 Å². The number of hydrogen-bond acceptors (Lipinski definition) is 1. The fourth-order valence-corrected chi connectivity index (χ4v) is 0.823. The van der Waals surface area contributed by atoms with Crippen LogP contribution in [0.4, 0.5) is 14.5 Å². The van der Waals surface area contributed by atoms with E-state index in [9.17, 15) is 8.78 Å². The first-order valence-electron chi connectivity index (χ1n) is 3.43. The summed E-state index contributed by atoms with van der Waals surface area (Å²) in [5, 5.41) is 2.76. The maximum Gasteiger partial charge on any atom is 0.149 e. The average molecular weight is 157 g/mol. The van der Waals surface area contributed by atoms with Crippen molar-refractivity contribution in [3.05, 3.63) is 29.8 Å². The van der Waals surface area contributed by atoms with Crippen LogP contribution in [0.1, 0.15) is 6.92 Å². The molecular weight excluding hydrogens is 148 g/mol. The second-order valence-corrected chi connectivity index (χ2v) is 2.15. The SMILES string of the molecule is CCNc1ccc(F)cc1F. The zero-order chi connectivity index (χ0) is 8.27. The fourth-order valence-electron chi connectivity index (χ4n) is 0.823. The van der Waals surface area contributed by atoms with Gasteiger partial charge in [-0.2, -0.15) is 0 Å². The predicted octanol–water partition coefficient (Wildman–Crippen LogP) is 2.40. The van der Waals surface area contributed by atoms with Gasteiger partial charge < -0.3 is 5.32 Å². The van der Waals surface area contributed by atoms with E-state index in [1.165, 1.54) is 12.1 Å². The summed E-state index contributed by atoms with van der Waals surface area (Å²) in [5.74, 6) is -1.10. The summed E-state index contributed by atoms with van der Waals surface area (Å²) in [6, 6.07) is 3.47. The number of benzene rings is 1. The molecule has 0 unspecified atom stereocenters. The van der Waals surface area contributed by atoms with Gasteiger partial charge in [-0.15, -0.1) is 0 Å². The minimum atomic E-state index is -0.552. The van der Waals surface area contributed by atoms with E-state index in [4.69, 9.17) is 0 Å². The Balaban J connectivity index is 2.90. The van der Waals surface area contributed by atoms with Crippen LogP contribution in [-0.2, 0) is 0 Å². The molecule has 0 aliphatic heterocycles. The van der Waals surface area contributed by atoms with Crippen molar-refractivity contribution in [2.24, 2.45) is 0 Å². The smallest absolute Gasteiger partial charge is 0.149 e. The van der Waals surface area contributed by atoms with Crippen LogP contribution in [0, 0.1) is 11.6 Å². The van der Waals surface area contributed by atoms with Crippen LogP contribution in [0.3, 0.4) is 0 Å². The minimum absolute atomic E-state index is 0.342. The number of halogens is 2. The highest BCUT2D eigenvalue weighted by atomic mass is 19.1. The van der Waals surface area contributed by atoms with Gasteiger partial charge in [0.25, 0.3) is 0 Å². The lowest BCUT2D eigenvalue weighted by atomic mass is 10.3. The first-order valence-corrected chi connectivity index (χ1v) is 3.43. The summed E-state index contributed by atoms with van der Waals surface area (Å²) in [5.41, 5.74) is 0.342. The molecule has 1 nitrogen and oxygen atoms in total. The molecule has 1 aromatic carbocycles. The molecule has 0 aliphatic rings. The summed E-state index contributed by atoms with van der Waals surface area (Å²) in [6.07, 6.45) is 0. The van der Waals surface area contributed by atoms with Crippen LogP contribution in [0.25, 0.3) is 0 Å². The standard InChI is InChI=1S/C8H9F2N/c1-2-11-8-4-3-6(9)5-7(8)10/h3-5,11H,2H2,1H3. The Kier molecular flexibility index (Phi) is 2.41. The van der Waals surface area contributed by atoms with Crippen molar-refractivity contribution in [1.29, 1.82) is 0 Å². The van der Waals surface area contributed by atoms with Gasteiger partial charge in [-0.05, 0) is 19.1 Å². The van der Waals surface area contributed by atoms with Crippen molar-refractivity contribution in [2.45, 2.75) is 6.92 Å². The van der Waals surface area contributed by atoms with E-state index in [-0.39, 0.29) is 0 Å². The summed E-state index contributed by atoms with van der Waals surface area (Å²) in [6.45, 7) is 2.48. The minimum Gasteiger partial charge on any atom is -0.383 e. The van der Waals surface area contributed by atoms with E-state index in [0.29, 0.717) is 12.2 Å². The Labute approximate surface area is 64.0 Å². The van der Waals surface area contributed by atoms with Crippen molar-refractivity contribution < 1.29 is 8.78 Å². The molecule has 0 saturated carbocycles. The van der Waals surface area contributed by atoms with Crippen molar-refractivity contribution in [2.75, 3.05) is 11.9 Å². The van der Waals surface area contributed by atoms with Crippen molar-refractivity contribution in [3.63, 3.8) is 0 Å². The third-order valence-corrected chi connectivity index (χ3v) is 1.30. The number of rotatable bonds is 2. The molecule has 1 aromatic rings. The van der Waals surface area contributed by atoms with Crippen LogP contribution in [0.5, 0.6) is 0 Å². The Bertz CT molecular complexity index is 248. The molecule has 0 amide bonds. The van der Waals surface area contributed by atoms with E-state index in [2.05, 4.69) is 5.32 Å². The molecule has 0 heterocycles. The summed E-state index contributed by atoms with van der Waals surface area (Å²) < 4.78 is 25.1. The molecule has 0 radical (unpaired) electrons. The highest BCUT2D eigenvalue weighted by molar-refractivity contribution is 5.44. The molecule has 0 fully saturated rings. The number of anilines is 1. The van der Waals surface area contributed by atoms with Crippen LogP contribution < -0.4 is 5.32 Å². The second kappa shape index (κ2) is 3.32. The molecular formula is C8H9F2N. The summed E-state index contributed by atoms with van der Waals surface area (Å²) in [7, 11) is 0. The number of nitrogens with one attached hydrogen (secondary N) is 1. The van der Waals surface area contributed by atoms with Crippen LogP contribution >= 0.6 is 0 Å². The van der Waals surface area contributed by atoms with E-state index >= 15 is 0 Å². The van der Waals surface area contributed by atoms with E-state index in [0.717, 1.165) is 6.07 Å². The Morgan fingerprint density at radius 3 is 2.64 bits per heavy atom. The van der Waals surface area contributed by atoms with Gasteiger partial charge >= 0.3 is 0 Å². The molecule has 3 heteroatoms. The lowest BCUT2D eigenvalue weighted by molar-refractivity contribution is 0.585. The molecule has 0 saturated heterocycles. The van der Waals surface area contributed by atoms with Crippen LogP contribution in [-0.4, -0.2) is 6.54 Å². The van der Waals surface area contributed by atoms with Gasteiger partial charge in [-0.25, -0.2) is 8.78 Å². The van der Waals surface area contributed by atoms with E-state index in [1.54, 1.807) is 0 Å². The second-order valence-electron chi connectivity index (χ2n) is 2.15. The first-order chi connectivity index (χ1) is 5.24. The predicted molar refractivity (Wildman–Crippen MR) is 40.5 cm³/mol. The quantitative estimate of drug-likeness (QED) is 0.695. The van der Waals surface area contributed by atoms with Crippen LogP contribution in [0.15, 0.2) is 18.2 Å². The van der Waals surface area contributed by atoms with E-state index < -0.39 is 11.6 Å². The molecule has 1 N–H and O–H groups in total. The molecule has 0 aliphatic carbocycles. The van der Waals surface area contributed by atoms with Crippen LogP contribution in [0.2, 0.25) is 0 Å². The van der Waals surface area contributed by atoms with Gasteiger partial charge in [-0.1, -0.05) is 0 Å². The van der Waals surface area contributed by atoms with Gasteiger partial charge in [0.15, 0.2) is 0 Å². The van der Waals surface area contributed by atoms with Crippen molar-refractivity contribution in [1.82, 2.24) is 0 Å². The topological polar surface area (TPSA) is 12.0 Å². The maximum atomic E-state index is 12.7. The lowest BCUT2D eigenvalue weighted by Gasteiger charge is -2.02. The fraction of sp³-hybridized carbons (Fsp3) is 0.250. The Hall–Kier alpha value is -1.12. The molecule has 1 rings (SSSR count). The van der Waals surface area contributed by atoms with Gasteiger partial charge in [0.05, 0.1) is 5.69 Å². The molecule has 0 spiro atoms. The van der Waals surface area contributed by atoms with Gasteiger partial charge in [0.2, 0.25) is 0 Å². The zero-order valence-electron chi connectivity index (χ0n) is 6.20. The Morgan fingerprint density at radius 1 is 1.36 bits per heavy atom. The van der Waals surface area contributed by atoms with Gasteiger partial charge in [-0.3, -0.25) is 0 Å². The largest absolute Gasteiger partial charge is 0.383 e. The third-order valence-electron chi connectivity index (χ3n) is 1.30. The number of hydrogen-bond donors (Lipinski definition) is 1. The average Bonchev–Trinajstić information content (AvgIpc) is 1.95. The Morgan fingerprint density at radius 2 is 2.09 bits per heavy atom. The molecule has 0 aromatic heterocycles. The van der Waals surface area contributed by atoms with E-state index in [1.807, 2.05) is 6.92 Å². The van der Waals surface area contributed by atoms with Gasteiger partial charge in [0, 0.05) is 12.6 Å². The highest BCUT2D eigenvalue weighted by Gasteiger charge is 2.00. The highest BCUT2D eigenvalue weighted by Crippen LogP contribution is 2.13. The zero-order valence-corrected chi connectivity index (χ0v) is 6.20. The molecule has 11 heavy (non-hydrogen) atoms. The molecule has 60 valence electrons.